The molecular formula is C30H36F3NO2. The second-order valence-corrected chi connectivity index (χ2v) is 9.03. The van der Waals surface area contributed by atoms with Crippen LogP contribution in [-0.2, 0) is 11.2 Å². The van der Waals surface area contributed by atoms with Crippen LogP contribution in [0.2, 0.25) is 0 Å². The van der Waals surface area contributed by atoms with Crippen molar-refractivity contribution in [3.05, 3.63) is 72.4 Å². The number of hydrogen-bond acceptors (Lipinski definition) is 3. The van der Waals surface area contributed by atoms with Crippen molar-refractivity contribution in [2.75, 3.05) is 13.2 Å². The molecule has 0 bridgehead atoms. The molecule has 6 heteroatoms. The summed E-state index contributed by atoms with van der Waals surface area (Å²) in [5.41, 5.74) is 5.20. The quantitative estimate of drug-likeness (QED) is 0.208. The van der Waals surface area contributed by atoms with Crippen LogP contribution in [0.25, 0.3) is 22.4 Å². The number of aromatic nitrogens is 1. The fourth-order valence-corrected chi connectivity index (χ4v) is 3.86. The smallest absolute Gasteiger partial charge is 0.417 e. The molecule has 36 heavy (non-hydrogen) atoms. The van der Waals surface area contributed by atoms with Crippen LogP contribution >= 0.6 is 0 Å². The van der Waals surface area contributed by atoms with Crippen LogP contribution in [0.3, 0.4) is 0 Å². The summed E-state index contributed by atoms with van der Waals surface area (Å²) in [5, 5.41) is 0. The van der Waals surface area contributed by atoms with Crippen LogP contribution in [-0.4, -0.2) is 30.5 Å². The van der Waals surface area contributed by atoms with E-state index in [9.17, 15) is 13.2 Å². The Morgan fingerprint density at radius 3 is 1.97 bits per heavy atom. The minimum atomic E-state index is -4.46. The lowest BCUT2D eigenvalue weighted by atomic mass is 10.0. The second-order valence-electron chi connectivity index (χ2n) is 9.03. The molecule has 2 aromatic carbocycles. The van der Waals surface area contributed by atoms with Crippen LogP contribution in [0.15, 0.2) is 66.9 Å². The molecule has 3 nitrogen and oxygen atoms in total. The molecule has 1 aromatic heterocycles. The molecule has 0 amide bonds. The number of pyridine rings is 1. The van der Waals surface area contributed by atoms with Gasteiger partial charge in [-0.2, -0.15) is 13.2 Å². The minimum absolute atomic E-state index is 0.0671. The number of unbranched alkanes of at least 4 members (excludes halogenated alkanes) is 4. The molecular weight excluding hydrogens is 463 g/mol. The van der Waals surface area contributed by atoms with Gasteiger partial charge >= 0.3 is 6.18 Å². The third kappa shape index (κ3) is 8.66. The monoisotopic (exact) mass is 499 g/mol. The fourth-order valence-electron chi connectivity index (χ4n) is 3.86. The third-order valence-electron chi connectivity index (χ3n) is 6.10. The molecule has 194 valence electrons. The molecule has 3 aromatic rings. The van der Waals surface area contributed by atoms with E-state index in [0.29, 0.717) is 12.2 Å². The van der Waals surface area contributed by atoms with E-state index in [-0.39, 0.29) is 6.61 Å². The van der Waals surface area contributed by atoms with Gasteiger partial charge in [0.05, 0.1) is 5.69 Å². The summed E-state index contributed by atoms with van der Waals surface area (Å²) in [7, 11) is 0. The summed E-state index contributed by atoms with van der Waals surface area (Å²) >= 11 is 0. The lowest BCUT2D eigenvalue weighted by molar-refractivity contribution is -0.227. The van der Waals surface area contributed by atoms with E-state index in [1.807, 2.05) is 49.5 Å². The summed E-state index contributed by atoms with van der Waals surface area (Å²) < 4.78 is 49.9. The zero-order chi connectivity index (χ0) is 25.8. The molecule has 1 unspecified atom stereocenters. The Balaban J connectivity index is 1.56. The number of nitrogens with zero attached hydrogens (tertiary/aromatic N) is 1. The maximum absolute atomic E-state index is 13.2. The number of ether oxygens (including phenoxy) is 2. The molecule has 1 atom stereocenters. The van der Waals surface area contributed by atoms with E-state index in [1.165, 1.54) is 31.2 Å². The summed E-state index contributed by atoms with van der Waals surface area (Å²) in [4.78, 5) is 4.63. The van der Waals surface area contributed by atoms with E-state index >= 15 is 0 Å². The topological polar surface area (TPSA) is 31.4 Å². The zero-order valence-corrected chi connectivity index (χ0v) is 21.2. The van der Waals surface area contributed by atoms with Gasteiger partial charge in [0.15, 0.2) is 6.10 Å². The number of rotatable bonds is 14. The first-order chi connectivity index (χ1) is 17.4. The molecule has 0 aliphatic rings. The molecule has 0 spiro atoms. The Labute approximate surface area is 212 Å². The van der Waals surface area contributed by atoms with Gasteiger partial charge < -0.3 is 9.47 Å². The Bertz CT molecular complexity index is 1020. The lowest BCUT2D eigenvalue weighted by Crippen LogP contribution is -2.37. The first-order valence-electron chi connectivity index (χ1n) is 12.9. The van der Waals surface area contributed by atoms with Gasteiger partial charge in [-0.05, 0) is 54.2 Å². The maximum atomic E-state index is 13.2. The van der Waals surface area contributed by atoms with Crippen LogP contribution in [0.5, 0.6) is 5.75 Å². The molecule has 3 rings (SSSR count). The van der Waals surface area contributed by atoms with E-state index in [1.54, 1.807) is 12.1 Å². The third-order valence-corrected chi connectivity index (χ3v) is 6.10. The number of alkyl halides is 3. The highest BCUT2D eigenvalue weighted by atomic mass is 19.4. The standard InChI is InChI=1S/C30H36F3NO2/c1-3-5-7-8-9-23-10-19-28(34-21-23)26-13-11-24(12-14-26)25-15-17-27(18-16-25)36-22-29(30(31,32)33)35-20-6-4-2/h10-19,21,29H,3-9,20,22H2,1-2H3. The van der Waals surface area contributed by atoms with Gasteiger partial charge in [-0.15, -0.1) is 0 Å². The Hall–Kier alpha value is -2.86. The van der Waals surface area contributed by atoms with Crippen LogP contribution < -0.4 is 4.74 Å². The summed E-state index contributed by atoms with van der Waals surface area (Å²) in [6, 6.07) is 19.4. The van der Waals surface area contributed by atoms with Crippen molar-refractivity contribution in [2.24, 2.45) is 0 Å². The zero-order valence-electron chi connectivity index (χ0n) is 21.2. The molecule has 0 fully saturated rings. The van der Waals surface area contributed by atoms with Crippen molar-refractivity contribution in [3.63, 3.8) is 0 Å². The molecule has 0 N–H and O–H groups in total. The van der Waals surface area contributed by atoms with E-state index in [2.05, 4.69) is 24.0 Å². The van der Waals surface area contributed by atoms with Crippen LogP contribution in [0.4, 0.5) is 13.2 Å². The van der Waals surface area contributed by atoms with Crippen molar-refractivity contribution in [3.8, 4) is 28.1 Å². The maximum Gasteiger partial charge on any atom is 0.417 e. The second kappa shape index (κ2) is 14.0. The van der Waals surface area contributed by atoms with Crippen molar-refractivity contribution >= 4 is 0 Å². The fraction of sp³-hybridized carbons (Fsp3) is 0.433. The van der Waals surface area contributed by atoms with E-state index < -0.39 is 18.9 Å². The molecule has 0 saturated heterocycles. The highest BCUT2D eigenvalue weighted by molar-refractivity contribution is 5.69. The Morgan fingerprint density at radius 1 is 0.750 bits per heavy atom. The first-order valence-corrected chi connectivity index (χ1v) is 12.9. The predicted octanol–water partition coefficient (Wildman–Crippen LogP) is 8.66. The molecule has 0 radical (unpaired) electrons. The largest absolute Gasteiger partial charge is 0.491 e. The average molecular weight is 500 g/mol. The number of hydrogen-bond donors (Lipinski definition) is 0. The van der Waals surface area contributed by atoms with Crippen molar-refractivity contribution in [1.82, 2.24) is 4.98 Å². The summed E-state index contributed by atoms with van der Waals surface area (Å²) in [5.74, 6) is 0.377. The number of aryl methyl sites for hydroxylation is 1. The van der Waals surface area contributed by atoms with Gasteiger partial charge in [0.1, 0.15) is 12.4 Å². The van der Waals surface area contributed by atoms with Crippen LogP contribution in [0, 0.1) is 0 Å². The van der Waals surface area contributed by atoms with Gasteiger partial charge in [-0.3, -0.25) is 4.98 Å². The summed E-state index contributed by atoms with van der Waals surface area (Å²) in [6.45, 7) is 3.62. The van der Waals surface area contributed by atoms with Crippen molar-refractivity contribution in [1.29, 1.82) is 0 Å². The summed E-state index contributed by atoms with van der Waals surface area (Å²) in [6.07, 6.45) is 2.97. The number of benzene rings is 2. The highest BCUT2D eigenvalue weighted by Gasteiger charge is 2.41. The van der Waals surface area contributed by atoms with Gasteiger partial charge in [0.25, 0.3) is 0 Å². The SMILES string of the molecule is CCCCCCc1ccc(-c2ccc(-c3ccc(OCC(OCCCC)C(F)(F)F)cc3)cc2)nc1. The van der Waals surface area contributed by atoms with Gasteiger partial charge in [0, 0.05) is 18.4 Å². The molecule has 0 aliphatic carbocycles. The van der Waals surface area contributed by atoms with Gasteiger partial charge in [-0.1, -0.05) is 82.0 Å². The van der Waals surface area contributed by atoms with Crippen LogP contribution in [0.1, 0.15) is 57.9 Å². The molecule has 0 saturated carbocycles. The number of halogens is 3. The van der Waals surface area contributed by atoms with Crippen molar-refractivity contribution in [2.45, 2.75) is 71.1 Å². The average Bonchev–Trinajstić information content (AvgIpc) is 2.89. The lowest BCUT2D eigenvalue weighted by Gasteiger charge is -2.21. The van der Waals surface area contributed by atoms with Gasteiger partial charge in [-0.25, -0.2) is 0 Å². The minimum Gasteiger partial charge on any atom is -0.491 e. The van der Waals surface area contributed by atoms with E-state index in [4.69, 9.17) is 9.47 Å². The first kappa shape index (κ1) is 27.7. The Morgan fingerprint density at radius 2 is 1.39 bits per heavy atom. The molecule has 0 aliphatic heterocycles. The van der Waals surface area contributed by atoms with Gasteiger partial charge in [0.2, 0.25) is 0 Å². The highest BCUT2D eigenvalue weighted by Crippen LogP contribution is 2.27. The Kier molecular flexibility index (Phi) is 10.8. The molecule has 1 heterocycles. The van der Waals surface area contributed by atoms with Crippen molar-refractivity contribution < 1.29 is 22.6 Å². The normalized spacial score (nSPS) is 12.5. The predicted molar refractivity (Wildman–Crippen MR) is 139 cm³/mol. The van der Waals surface area contributed by atoms with E-state index in [0.717, 1.165) is 35.2 Å².